The van der Waals surface area contributed by atoms with Crippen molar-refractivity contribution in [2.45, 2.75) is 83.2 Å². The lowest BCUT2D eigenvalue weighted by Crippen LogP contribution is -2.49. The van der Waals surface area contributed by atoms with Gasteiger partial charge >= 0.3 is 17.9 Å². The molecular formula is C33H40BrNO6. The van der Waals surface area contributed by atoms with Gasteiger partial charge in [-0.05, 0) is 71.6 Å². The summed E-state index contributed by atoms with van der Waals surface area (Å²) in [5, 5.41) is 0. The van der Waals surface area contributed by atoms with Crippen LogP contribution >= 0.6 is 15.9 Å². The molecule has 2 aromatic rings. The summed E-state index contributed by atoms with van der Waals surface area (Å²) in [6, 6.07) is 16.3. The molecular weight excluding hydrogens is 586 g/mol. The standard InChI is InChI=1S/C33H40BrNO6/c1-31(2,3)40-28(36)23-19-33(30(38)39-7)20-24(29(37)41-32(4,5)6)27(22-15-11-12-16-25(22)34)35(33)26(23)18-17-21-13-9-8-10-14-21/h8-18,23-24,26-27H,19-20H2,1-7H3/b18-17+/t23-,24-,26-,27-,33-/m1/s1. The highest BCUT2D eigenvalue weighted by Gasteiger charge is 2.68. The molecule has 2 heterocycles. The molecule has 0 spiro atoms. The zero-order valence-electron chi connectivity index (χ0n) is 24.8. The fourth-order valence-corrected chi connectivity index (χ4v) is 6.63. The van der Waals surface area contributed by atoms with E-state index in [0.29, 0.717) is 0 Å². The number of rotatable bonds is 6. The van der Waals surface area contributed by atoms with E-state index < -0.39 is 58.6 Å². The molecule has 2 saturated heterocycles. The van der Waals surface area contributed by atoms with Crippen LogP contribution in [0.1, 0.15) is 71.6 Å². The lowest BCUT2D eigenvalue weighted by Gasteiger charge is -2.37. The summed E-state index contributed by atoms with van der Waals surface area (Å²) >= 11 is 3.69. The lowest BCUT2D eigenvalue weighted by atomic mass is 9.83. The number of benzene rings is 2. The maximum atomic E-state index is 13.8. The van der Waals surface area contributed by atoms with Crippen LogP contribution in [0.3, 0.4) is 0 Å². The number of carbonyl (C=O) groups is 3. The number of hydrogen-bond acceptors (Lipinski definition) is 7. The lowest BCUT2D eigenvalue weighted by molar-refractivity contribution is -0.161. The van der Waals surface area contributed by atoms with E-state index >= 15 is 0 Å². The van der Waals surface area contributed by atoms with Gasteiger partial charge < -0.3 is 14.2 Å². The van der Waals surface area contributed by atoms with E-state index in [1.165, 1.54) is 7.11 Å². The average Bonchev–Trinajstić information content (AvgIpc) is 3.39. The minimum Gasteiger partial charge on any atom is -0.468 e. The van der Waals surface area contributed by atoms with Gasteiger partial charge in [0, 0.05) is 10.5 Å². The predicted octanol–water partition coefficient (Wildman–Crippen LogP) is 6.51. The molecule has 2 fully saturated rings. The van der Waals surface area contributed by atoms with Crippen molar-refractivity contribution in [3.8, 4) is 0 Å². The van der Waals surface area contributed by atoms with E-state index in [0.717, 1.165) is 15.6 Å². The Hall–Kier alpha value is -2.97. The first-order valence-electron chi connectivity index (χ1n) is 14.0. The number of hydrogen-bond donors (Lipinski definition) is 0. The quantitative estimate of drug-likeness (QED) is 0.267. The van der Waals surface area contributed by atoms with Crippen molar-refractivity contribution < 1.29 is 28.6 Å². The molecule has 7 nitrogen and oxygen atoms in total. The Bertz CT molecular complexity index is 1310. The molecule has 0 saturated carbocycles. The molecule has 0 N–H and O–H groups in total. The predicted molar refractivity (Wildman–Crippen MR) is 161 cm³/mol. The van der Waals surface area contributed by atoms with Crippen LogP contribution in [0.25, 0.3) is 6.08 Å². The Morgan fingerprint density at radius 3 is 1.95 bits per heavy atom. The molecule has 0 aliphatic carbocycles. The largest absolute Gasteiger partial charge is 0.468 e. The number of methoxy groups -OCH3 is 1. The van der Waals surface area contributed by atoms with Gasteiger partial charge in [0.05, 0.1) is 25.0 Å². The topological polar surface area (TPSA) is 82.1 Å². The third kappa shape index (κ3) is 6.59. The summed E-state index contributed by atoms with van der Waals surface area (Å²) in [5.41, 5.74) is -0.892. The molecule has 41 heavy (non-hydrogen) atoms. The van der Waals surface area contributed by atoms with Gasteiger partial charge in [-0.3, -0.25) is 19.3 Å². The highest BCUT2D eigenvalue weighted by Crippen LogP contribution is 2.58. The van der Waals surface area contributed by atoms with Crippen molar-refractivity contribution in [2.75, 3.05) is 7.11 Å². The van der Waals surface area contributed by atoms with E-state index in [-0.39, 0.29) is 12.8 Å². The van der Waals surface area contributed by atoms with Gasteiger partial charge in [0.15, 0.2) is 0 Å². The smallest absolute Gasteiger partial charge is 0.326 e. The van der Waals surface area contributed by atoms with Crippen LogP contribution in [-0.4, -0.2) is 52.7 Å². The highest BCUT2D eigenvalue weighted by atomic mass is 79.9. The van der Waals surface area contributed by atoms with Gasteiger partial charge in [-0.25, -0.2) is 0 Å². The van der Waals surface area contributed by atoms with Crippen LogP contribution in [0.4, 0.5) is 0 Å². The fourth-order valence-electron chi connectivity index (χ4n) is 6.11. The molecule has 0 unspecified atom stereocenters. The summed E-state index contributed by atoms with van der Waals surface area (Å²) in [6.45, 7) is 11.0. The second-order valence-corrected chi connectivity index (χ2v) is 13.7. The summed E-state index contributed by atoms with van der Waals surface area (Å²) < 4.78 is 18.0. The van der Waals surface area contributed by atoms with Gasteiger partial charge in [-0.2, -0.15) is 0 Å². The van der Waals surface area contributed by atoms with E-state index in [1.54, 1.807) is 0 Å². The fraction of sp³-hybridized carbons (Fsp3) is 0.485. The van der Waals surface area contributed by atoms with Crippen molar-refractivity contribution in [1.29, 1.82) is 0 Å². The zero-order chi connectivity index (χ0) is 30.2. The maximum Gasteiger partial charge on any atom is 0.326 e. The normalized spacial score (nSPS) is 26.5. The maximum absolute atomic E-state index is 13.8. The first-order valence-corrected chi connectivity index (χ1v) is 14.8. The monoisotopic (exact) mass is 625 g/mol. The van der Waals surface area contributed by atoms with Crippen molar-refractivity contribution in [1.82, 2.24) is 4.90 Å². The molecule has 2 aliphatic rings. The zero-order valence-corrected chi connectivity index (χ0v) is 26.4. The average molecular weight is 627 g/mol. The van der Waals surface area contributed by atoms with E-state index in [2.05, 4.69) is 15.9 Å². The van der Waals surface area contributed by atoms with Crippen LogP contribution in [0, 0.1) is 11.8 Å². The highest BCUT2D eigenvalue weighted by molar-refractivity contribution is 9.10. The van der Waals surface area contributed by atoms with Gasteiger partial charge in [0.1, 0.15) is 16.7 Å². The minimum atomic E-state index is -1.25. The van der Waals surface area contributed by atoms with Crippen LogP contribution in [0.5, 0.6) is 0 Å². The van der Waals surface area contributed by atoms with Crippen molar-refractivity contribution in [2.24, 2.45) is 11.8 Å². The minimum absolute atomic E-state index is 0.148. The van der Waals surface area contributed by atoms with Gasteiger partial charge in [0.2, 0.25) is 0 Å². The van der Waals surface area contributed by atoms with Crippen molar-refractivity contribution in [3.05, 3.63) is 76.3 Å². The molecule has 220 valence electrons. The Morgan fingerprint density at radius 1 is 0.854 bits per heavy atom. The summed E-state index contributed by atoms with van der Waals surface area (Å²) in [4.78, 5) is 43.4. The molecule has 0 radical (unpaired) electrons. The summed E-state index contributed by atoms with van der Waals surface area (Å²) in [7, 11) is 1.35. The first-order chi connectivity index (χ1) is 19.2. The van der Waals surface area contributed by atoms with Gasteiger partial charge in [-0.1, -0.05) is 76.6 Å². The molecule has 0 amide bonds. The molecule has 5 atom stereocenters. The molecule has 0 bridgehead atoms. The van der Waals surface area contributed by atoms with Gasteiger partial charge in [0.25, 0.3) is 0 Å². The number of carbonyl (C=O) groups excluding carboxylic acids is 3. The third-order valence-electron chi connectivity index (χ3n) is 7.52. The Kier molecular flexibility index (Phi) is 8.86. The van der Waals surface area contributed by atoms with Crippen LogP contribution in [0.15, 0.2) is 65.1 Å². The van der Waals surface area contributed by atoms with Crippen LogP contribution in [-0.2, 0) is 28.6 Å². The first kappa shape index (κ1) is 31.0. The molecule has 4 rings (SSSR count). The second-order valence-electron chi connectivity index (χ2n) is 12.8. The number of halogens is 1. The SMILES string of the molecule is COC(=O)[C@]12C[C@@H](C(=O)OC(C)(C)C)[C@@H](/C=C/c3ccccc3)N1[C@H](c1ccccc1Br)[C@H](C(=O)OC(C)(C)C)C2. The number of esters is 3. The molecule has 2 aliphatic heterocycles. The van der Waals surface area contributed by atoms with Crippen LogP contribution in [0.2, 0.25) is 0 Å². The summed E-state index contributed by atoms with van der Waals surface area (Å²) in [5.74, 6) is -2.62. The number of ether oxygens (including phenoxy) is 3. The Morgan fingerprint density at radius 2 is 1.39 bits per heavy atom. The summed E-state index contributed by atoms with van der Waals surface area (Å²) in [6.07, 6.45) is 4.21. The van der Waals surface area contributed by atoms with Crippen molar-refractivity contribution in [3.63, 3.8) is 0 Å². The molecule has 2 aromatic carbocycles. The number of nitrogens with zero attached hydrogens (tertiary/aromatic N) is 1. The molecule has 8 heteroatoms. The van der Waals surface area contributed by atoms with Crippen LogP contribution < -0.4 is 0 Å². The number of fused-ring (bicyclic) bond motifs is 1. The second kappa shape index (κ2) is 11.7. The van der Waals surface area contributed by atoms with Gasteiger partial charge in [-0.15, -0.1) is 0 Å². The third-order valence-corrected chi connectivity index (χ3v) is 8.24. The molecule has 0 aromatic heterocycles. The van der Waals surface area contributed by atoms with E-state index in [1.807, 2.05) is 113 Å². The Balaban J connectivity index is 1.92. The Labute approximate surface area is 251 Å². The van der Waals surface area contributed by atoms with E-state index in [9.17, 15) is 14.4 Å². The van der Waals surface area contributed by atoms with E-state index in [4.69, 9.17) is 14.2 Å². The van der Waals surface area contributed by atoms with Crippen molar-refractivity contribution >= 4 is 39.9 Å².